The molecule has 0 aliphatic rings. The summed E-state index contributed by atoms with van der Waals surface area (Å²) in [5.74, 6) is 0. The van der Waals surface area contributed by atoms with Crippen LogP contribution >= 0.6 is 27.5 Å². The van der Waals surface area contributed by atoms with E-state index >= 15 is 0 Å². The Morgan fingerprint density at radius 3 is 2.52 bits per heavy atom. The minimum Gasteiger partial charge on any atom is -0.248 e. The fourth-order valence-electron chi connectivity index (χ4n) is 2.36. The van der Waals surface area contributed by atoms with Crippen molar-refractivity contribution in [3.05, 3.63) is 58.7 Å². The SMILES string of the molecule is Cc1cccc2nc(C(C)Br)c(-c3ccccc3Cl)nc12. The lowest BCUT2D eigenvalue weighted by Crippen LogP contribution is -2.00. The molecule has 2 aromatic carbocycles. The topological polar surface area (TPSA) is 25.8 Å². The Kier molecular flexibility index (Phi) is 3.96. The van der Waals surface area contributed by atoms with Crippen LogP contribution in [0.5, 0.6) is 0 Å². The molecular weight excluding hydrogens is 348 g/mol. The van der Waals surface area contributed by atoms with E-state index in [0.29, 0.717) is 5.02 Å². The van der Waals surface area contributed by atoms with Crippen LogP contribution in [0.4, 0.5) is 0 Å². The lowest BCUT2D eigenvalue weighted by molar-refractivity contribution is 1.02. The molecular formula is C17H14BrClN2. The molecule has 3 rings (SSSR count). The predicted molar refractivity (Wildman–Crippen MR) is 92.1 cm³/mol. The summed E-state index contributed by atoms with van der Waals surface area (Å²) in [7, 11) is 0. The van der Waals surface area contributed by atoms with Gasteiger partial charge in [0.1, 0.15) is 0 Å². The van der Waals surface area contributed by atoms with Crippen molar-refractivity contribution in [3.63, 3.8) is 0 Å². The number of fused-ring (bicyclic) bond motifs is 1. The smallest absolute Gasteiger partial charge is 0.0951 e. The van der Waals surface area contributed by atoms with Gasteiger partial charge >= 0.3 is 0 Å². The zero-order valence-electron chi connectivity index (χ0n) is 11.8. The van der Waals surface area contributed by atoms with Crippen molar-refractivity contribution in [2.24, 2.45) is 0 Å². The second-order valence-electron chi connectivity index (χ2n) is 5.00. The third-order valence-electron chi connectivity index (χ3n) is 3.43. The standard InChI is InChI=1S/C17H14BrClN2/c1-10-6-5-9-14-15(10)21-17(16(20-14)11(2)18)12-7-3-4-8-13(12)19/h3-9,11H,1-2H3. The van der Waals surface area contributed by atoms with Gasteiger partial charge in [-0.05, 0) is 31.5 Å². The molecule has 0 radical (unpaired) electrons. The van der Waals surface area contributed by atoms with Gasteiger partial charge in [-0.3, -0.25) is 0 Å². The van der Waals surface area contributed by atoms with Crippen LogP contribution in [0.2, 0.25) is 5.02 Å². The minimum atomic E-state index is 0.0983. The lowest BCUT2D eigenvalue weighted by Gasteiger charge is -2.13. The molecule has 0 aliphatic heterocycles. The first-order valence-corrected chi connectivity index (χ1v) is 8.03. The van der Waals surface area contributed by atoms with Gasteiger partial charge in [-0.15, -0.1) is 0 Å². The molecule has 4 heteroatoms. The number of rotatable bonds is 2. The van der Waals surface area contributed by atoms with E-state index in [4.69, 9.17) is 21.6 Å². The molecule has 0 fully saturated rings. The van der Waals surface area contributed by atoms with Crippen molar-refractivity contribution in [3.8, 4) is 11.3 Å². The first-order valence-electron chi connectivity index (χ1n) is 6.74. The first kappa shape index (κ1) is 14.5. The summed E-state index contributed by atoms with van der Waals surface area (Å²) in [5.41, 5.74) is 5.60. The molecule has 0 N–H and O–H groups in total. The minimum absolute atomic E-state index is 0.0983. The highest BCUT2D eigenvalue weighted by molar-refractivity contribution is 9.09. The summed E-state index contributed by atoms with van der Waals surface area (Å²) in [4.78, 5) is 9.73. The maximum Gasteiger partial charge on any atom is 0.0951 e. The zero-order valence-corrected chi connectivity index (χ0v) is 14.1. The monoisotopic (exact) mass is 360 g/mol. The van der Waals surface area contributed by atoms with Gasteiger partial charge in [0.2, 0.25) is 0 Å². The van der Waals surface area contributed by atoms with E-state index in [1.165, 1.54) is 0 Å². The molecule has 1 atom stereocenters. The Labute approximate surface area is 137 Å². The number of aryl methyl sites for hydroxylation is 1. The van der Waals surface area contributed by atoms with Gasteiger partial charge in [-0.25, -0.2) is 9.97 Å². The van der Waals surface area contributed by atoms with Crippen LogP contribution in [0.3, 0.4) is 0 Å². The number of halogens is 2. The number of alkyl halides is 1. The summed E-state index contributed by atoms with van der Waals surface area (Å²) in [6, 6.07) is 13.8. The molecule has 0 saturated carbocycles. The third-order valence-corrected chi connectivity index (χ3v) is 4.19. The van der Waals surface area contributed by atoms with E-state index in [0.717, 1.165) is 33.5 Å². The van der Waals surface area contributed by atoms with Crippen LogP contribution in [-0.4, -0.2) is 9.97 Å². The summed E-state index contributed by atoms with van der Waals surface area (Å²) < 4.78 is 0. The Bertz CT molecular complexity index is 815. The molecule has 1 heterocycles. The normalized spacial score (nSPS) is 12.6. The van der Waals surface area contributed by atoms with E-state index < -0.39 is 0 Å². The fraction of sp³-hybridized carbons (Fsp3) is 0.176. The number of hydrogen-bond donors (Lipinski definition) is 0. The highest BCUT2D eigenvalue weighted by Gasteiger charge is 2.17. The number of hydrogen-bond acceptors (Lipinski definition) is 2. The average molecular weight is 362 g/mol. The predicted octanol–water partition coefficient (Wildman–Crippen LogP) is 5.71. The highest BCUT2D eigenvalue weighted by Crippen LogP contribution is 2.35. The number of benzene rings is 2. The van der Waals surface area contributed by atoms with Gasteiger partial charge < -0.3 is 0 Å². The van der Waals surface area contributed by atoms with E-state index in [9.17, 15) is 0 Å². The molecule has 1 unspecified atom stereocenters. The Hall–Kier alpha value is -1.45. The van der Waals surface area contributed by atoms with Crippen molar-refractivity contribution in [1.29, 1.82) is 0 Å². The maximum atomic E-state index is 6.34. The van der Waals surface area contributed by atoms with Crippen LogP contribution in [0, 0.1) is 6.92 Å². The van der Waals surface area contributed by atoms with Crippen LogP contribution in [0.15, 0.2) is 42.5 Å². The summed E-state index contributed by atoms with van der Waals surface area (Å²) in [6.45, 7) is 4.09. The second kappa shape index (κ2) is 5.74. The second-order valence-corrected chi connectivity index (χ2v) is 6.78. The van der Waals surface area contributed by atoms with Gasteiger partial charge in [0, 0.05) is 5.56 Å². The van der Waals surface area contributed by atoms with Gasteiger partial charge in [0.25, 0.3) is 0 Å². The molecule has 0 amide bonds. The summed E-state index contributed by atoms with van der Waals surface area (Å²) in [5, 5.41) is 0.689. The maximum absolute atomic E-state index is 6.34. The van der Waals surface area contributed by atoms with Crippen molar-refractivity contribution in [1.82, 2.24) is 9.97 Å². The van der Waals surface area contributed by atoms with E-state index in [-0.39, 0.29) is 4.83 Å². The third kappa shape index (κ3) is 2.68. The van der Waals surface area contributed by atoms with Gasteiger partial charge in [0.15, 0.2) is 0 Å². The highest BCUT2D eigenvalue weighted by atomic mass is 79.9. The molecule has 21 heavy (non-hydrogen) atoms. The molecule has 0 spiro atoms. The Balaban J connectivity index is 2.37. The van der Waals surface area contributed by atoms with E-state index in [1.54, 1.807) is 0 Å². The number of para-hydroxylation sites is 1. The van der Waals surface area contributed by atoms with Gasteiger partial charge in [-0.1, -0.05) is 57.9 Å². The van der Waals surface area contributed by atoms with Gasteiger partial charge in [0.05, 0.1) is 32.3 Å². The lowest BCUT2D eigenvalue weighted by atomic mass is 10.1. The molecule has 0 aliphatic carbocycles. The molecule has 0 saturated heterocycles. The van der Waals surface area contributed by atoms with Crippen LogP contribution < -0.4 is 0 Å². The quantitative estimate of drug-likeness (QED) is 0.546. The van der Waals surface area contributed by atoms with E-state index in [2.05, 4.69) is 15.9 Å². The van der Waals surface area contributed by atoms with Crippen LogP contribution in [0.25, 0.3) is 22.3 Å². The average Bonchev–Trinajstić information content (AvgIpc) is 2.47. The fourth-order valence-corrected chi connectivity index (χ4v) is 2.90. The van der Waals surface area contributed by atoms with Crippen molar-refractivity contribution in [2.45, 2.75) is 18.7 Å². The van der Waals surface area contributed by atoms with E-state index in [1.807, 2.05) is 56.3 Å². The summed E-state index contributed by atoms with van der Waals surface area (Å²) >= 11 is 9.96. The Morgan fingerprint density at radius 1 is 1.05 bits per heavy atom. The number of aromatic nitrogens is 2. The molecule has 2 nitrogen and oxygen atoms in total. The van der Waals surface area contributed by atoms with Crippen molar-refractivity contribution in [2.75, 3.05) is 0 Å². The van der Waals surface area contributed by atoms with Crippen molar-refractivity contribution >= 4 is 38.6 Å². The molecule has 0 bridgehead atoms. The van der Waals surface area contributed by atoms with Crippen LogP contribution in [-0.2, 0) is 0 Å². The molecule has 1 aromatic heterocycles. The molecule has 106 valence electrons. The largest absolute Gasteiger partial charge is 0.248 e. The zero-order chi connectivity index (χ0) is 15.0. The first-order chi connectivity index (χ1) is 10.1. The van der Waals surface area contributed by atoms with Crippen molar-refractivity contribution < 1.29 is 0 Å². The summed E-state index contributed by atoms with van der Waals surface area (Å²) in [6.07, 6.45) is 0. The van der Waals surface area contributed by atoms with Gasteiger partial charge in [-0.2, -0.15) is 0 Å². The van der Waals surface area contributed by atoms with Crippen LogP contribution in [0.1, 0.15) is 23.0 Å². The molecule has 3 aromatic rings. The number of nitrogens with zero attached hydrogens (tertiary/aromatic N) is 2. The Morgan fingerprint density at radius 2 is 1.81 bits per heavy atom.